The van der Waals surface area contributed by atoms with Crippen LogP contribution in [0.3, 0.4) is 0 Å². The van der Waals surface area contributed by atoms with Crippen LogP contribution in [0.1, 0.15) is 162 Å². The molecule has 0 heterocycles. The number of esters is 8. The zero-order valence-electron chi connectivity index (χ0n) is 53.9. The van der Waals surface area contributed by atoms with Crippen molar-refractivity contribution in [2.45, 2.75) is 85.2 Å². The number of unbranched alkanes of at least 4 members (excludes halogenated alkanes) is 5. The molecule has 0 bridgehead atoms. The highest BCUT2D eigenvalue weighted by Gasteiger charge is 2.20. The second-order valence-electron chi connectivity index (χ2n) is 19.6. The van der Waals surface area contributed by atoms with Crippen LogP contribution in [0.2, 0.25) is 0 Å². The molecule has 6 N–H and O–H groups in total. The smallest absolute Gasteiger partial charge is 0.407 e. The van der Waals surface area contributed by atoms with E-state index in [9.17, 15) is 62.6 Å². The maximum Gasteiger partial charge on any atom is 0.407 e. The van der Waals surface area contributed by atoms with E-state index in [0.29, 0.717) is 19.6 Å². The monoisotopic (exact) mass is 1300 g/mol. The molecular weight excluding hydrogens is 1210 g/mol. The van der Waals surface area contributed by atoms with Gasteiger partial charge in [0.25, 0.3) is 5.91 Å². The van der Waals surface area contributed by atoms with Crippen LogP contribution in [0, 0.1) is 0 Å². The number of hydrogen-bond donors (Lipinski definition) is 5. The number of ketones is 1. The van der Waals surface area contributed by atoms with E-state index in [1.54, 1.807) is 0 Å². The Morgan fingerprint density at radius 3 is 0.989 bits per heavy atom. The molecule has 4 aromatic rings. The molecule has 29 heteroatoms. The van der Waals surface area contributed by atoms with Gasteiger partial charge in [0.1, 0.15) is 35.2 Å². The maximum absolute atomic E-state index is 11.8. The van der Waals surface area contributed by atoms with Gasteiger partial charge >= 0.3 is 59.8 Å². The third-order valence-electron chi connectivity index (χ3n) is 11.1. The normalized spacial score (nSPS) is 9.93. The molecule has 0 aliphatic carbocycles. The Balaban J connectivity index is 0.00000114. The summed E-state index contributed by atoms with van der Waals surface area (Å²) in [6.45, 7) is 10.1. The summed E-state index contributed by atoms with van der Waals surface area (Å²) in [4.78, 5) is 136. The molecule has 0 fully saturated rings. The van der Waals surface area contributed by atoms with Gasteiger partial charge in [0.2, 0.25) is 0 Å². The van der Waals surface area contributed by atoms with E-state index in [0.717, 1.165) is 44.9 Å². The largest absolute Gasteiger partial charge is 0.508 e. The molecule has 0 saturated carbocycles. The van der Waals surface area contributed by atoms with E-state index in [-0.39, 0.29) is 98.5 Å². The van der Waals surface area contributed by atoms with Crippen LogP contribution in [-0.4, -0.2) is 184 Å². The van der Waals surface area contributed by atoms with Crippen molar-refractivity contribution in [3.05, 3.63) is 117 Å². The molecular formula is C63H83N3O26. The quantitative estimate of drug-likeness (QED) is 0.0230. The number of alkyl carbamates (subject to hydrolysis) is 1. The first-order chi connectivity index (χ1) is 43.5. The summed E-state index contributed by atoms with van der Waals surface area (Å²) in [7, 11) is 9.72. The van der Waals surface area contributed by atoms with E-state index in [2.05, 4.69) is 55.5 Å². The van der Waals surface area contributed by atoms with Crippen molar-refractivity contribution in [3.63, 3.8) is 0 Å². The standard InChI is InChI=1S/C18H25NO6.C13H14O6.C12H12O7.C10H22N2O2.C10H10O5/c1-4-5-6-7-8-19-16(20)12-25-15-10-13(17(21)23-2)9-14(11-15)18(22)24-3;1-8(14)7-19-11-5-9(12(15)17-2)4-10(6-11)13(16)18-3;1-17-11(15)7-3-8(12(16)18-2)5-9(4-7)19-6-10(13)14;1-10(2,3)14-9(13)12-8-6-4-5-7-11;1-14-9(12)6-3-7(10(13)15-2)5-8(11)4-6/h9-11H,4-8,12H2,1-3H3,(H,19,20);4-6H,7H2,1-3H3;3-5H,6H2,1-2H3,(H,13,14);4-8,11H2,1-3H3,(H,12,13);3-5,11H,1-2H3. The number of Topliss-reactive ketones (excluding diaryl/α,β-unsaturated/α-hetero) is 1. The van der Waals surface area contributed by atoms with Crippen LogP contribution in [0.25, 0.3) is 0 Å². The summed E-state index contributed by atoms with van der Waals surface area (Å²) in [6, 6.07) is 15.8. The molecule has 92 heavy (non-hydrogen) atoms. The molecule has 0 spiro atoms. The first-order valence-electron chi connectivity index (χ1n) is 28.0. The van der Waals surface area contributed by atoms with Crippen molar-refractivity contribution >= 4 is 71.5 Å². The van der Waals surface area contributed by atoms with Crippen molar-refractivity contribution in [1.82, 2.24) is 10.6 Å². The molecule has 0 saturated heterocycles. The van der Waals surface area contributed by atoms with Gasteiger partial charge in [-0.25, -0.2) is 47.9 Å². The zero-order valence-corrected chi connectivity index (χ0v) is 53.9. The van der Waals surface area contributed by atoms with Crippen LogP contribution in [0.15, 0.2) is 72.8 Å². The molecule has 0 radical (unpaired) electrons. The number of benzene rings is 4. The lowest BCUT2D eigenvalue weighted by molar-refractivity contribution is -0.139. The van der Waals surface area contributed by atoms with Crippen molar-refractivity contribution in [2.75, 3.05) is 96.3 Å². The number of amides is 2. The molecule has 0 aliphatic rings. The minimum atomic E-state index is -1.18. The number of nitrogens with two attached hydrogens (primary N) is 1. The highest BCUT2D eigenvalue weighted by atomic mass is 16.6. The highest BCUT2D eigenvalue weighted by Crippen LogP contribution is 2.23. The predicted molar refractivity (Wildman–Crippen MR) is 327 cm³/mol. The third-order valence-corrected chi connectivity index (χ3v) is 11.1. The summed E-state index contributed by atoms with van der Waals surface area (Å²) in [5, 5.41) is 23.2. The Hall–Kier alpha value is -10.3. The fourth-order valence-electron chi connectivity index (χ4n) is 6.80. The van der Waals surface area contributed by atoms with Crippen LogP contribution in [0.5, 0.6) is 23.0 Å². The van der Waals surface area contributed by atoms with Gasteiger partial charge in [0, 0.05) is 13.1 Å². The summed E-state index contributed by atoms with van der Waals surface area (Å²) in [6.07, 6.45) is 6.94. The first kappa shape index (κ1) is 81.7. The highest BCUT2D eigenvalue weighted by molar-refractivity contribution is 5.98. The van der Waals surface area contributed by atoms with E-state index >= 15 is 0 Å². The van der Waals surface area contributed by atoms with Gasteiger partial charge in [0.15, 0.2) is 19.0 Å². The Labute approximate surface area is 532 Å². The number of nitrogens with one attached hydrogen (secondary N) is 2. The Kier molecular flexibility index (Phi) is 40.0. The lowest BCUT2D eigenvalue weighted by Gasteiger charge is -2.19. The maximum atomic E-state index is 11.8. The average molecular weight is 1300 g/mol. The molecule has 0 unspecified atom stereocenters. The van der Waals surface area contributed by atoms with E-state index < -0.39 is 65.9 Å². The van der Waals surface area contributed by atoms with Gasteiger partial charge < -0.3 is 83.4 Å². The number of phenolic OH excluding ortho intramolecular Hbond substituents is 1. The number of hydrogen-bond acceptors (Lipinski definition) is 26. The summed E-state index contributed by atoms with van der Waals surface area (Å²) in [5.74, 6) is -6.38. The number of methoxy groups -OCH3 is 8. The van der Waals surface area contributed by atoms with E-state index in [4.69, 9.17) is 29.8 Å². The van der Waals surface area contributed by atoms with Crippen LogP contribution in [-0.2, 0) is 57.0 Å². The van der Waals surface area contributed by atoms with Crippen molar-refractivity contribution < 1.29 is 125 Å². The number of carbonyl (C=O) groups is 12. The molecule has 2 amide bonds. The van der Waals surface area contributed by atoms with Crippen molar-refractivity contribution in [2.24, 2.45) is 5.73 Å². The van der Waals surface area contributed by atoms with Gasteiger partial charge in [-0.1, -0.05) is 32.6 Å². The predicted octanol–water partition coefficient (Wildman–Crippen LogP) is 6.89. The lowest BCUT2D eigenvalue weighted by atomic mass is 10.1. The Morgan fingerprint density at radius 2 is 0.707 bits per heavy atom. The third kappa shape index (κ3) is 34.4. The number of aromatic hydroxyl groups is 1. The fraction of sp³-hybridized carbons (Fsp3) is 0.429. The van der Waals surface area contributed by atoms with E-state index in [1.807, 2.05) is 20.8 Å². The van der Waals surface area contributed by atoms with Crippen LogP contribution < -0.4 is 30.6 Å². The minimum Gasteiger partial charge on any atom is -0.508 e. The zero-order chi connectivity index (χ0) is 69.9. The number of phenols is 1. The van der Waals surface area contributed by atoms with E-state index in [1.165, 1.54) is 137 Å². The number of rotatable bonds is 27. The van der Waals surface area contributed by atoms with Crippen LogP contribution >= 0.6 is 0 Å². The summed E-state index contributed by atoms with van der Waals surface area (Å²) >= 11 is 0. The fourth-order valence-corrected chi connectivity index (χ4v) is 6.80. The second kappa shape index (κ2) is 45.0. The number of carboxylic acids is 1. The molecule has 0 atom stereocenters. The van der Waals surface area contributed by atoms with Gasteiger partial charge in [-0.3, -0.25) is 9.59 Å². The Morgan fingerprint density at radius 1 is 0.413 bits per heavy atom. The first-order valence-corrected chi connectivity index (χ1v) is 28.0. The summed E-state index contributed by atoms with van der Waals surface area (Å²) in [5.41, 5.74) is 5.80. The van der Waals surface area contributed by atoms with Crippen molar-refractivity contribution in [3.8, 4) is 23.0 Å². The van der Waals surface area contributed by atoms with Gasteiger partial charge in [-0.05, 0) is 126 Å². The molecule has 0 aliphatic heterocycles. The minimum absolute atomic E-state index is 0.0608. The molecule has 506 valence electrons. The topological polar surface area (TPSA) is 406 Å². The average Bonchev–Trinajstić information content (AvgIpc) is 1.00. The van der Waals surface area contributed by atoms with Crippen LogP contribution in [0.4, 0.5) is 4.79 Å². The number of carbonyl (C=O) groups excluding carboxylic acids is 11. The molecule has 4 rings (SSSR count). The number of ether oxygens (including phenoxy) is 12. The van der Waals surface area contributed by atoms with Gasteiger partial charge in [0.05, 0.1) is 101 Å². The SMILES string of the molecule is CC(C)(C)OC(=O)NCCCCCN.CCCCCCNC(=O)COc1cc(C(=O)OC)cc(C(=O)OC)c1.COC(=O)c1cc(O)cc(C(=O)OC)c1.COC(=O)c1cc(OCC(=O)O)cc(C(=O)OC)c1.COC(=O)c1cc(OCC(C)=O)cc(C(=O)OC)c1. The lowest BCUT2D eigenvalue weighted by Crippen LogP contribution is -2.33. The number of carboxylic acid groups (broad SMARTS) is 1. The molecule has 29 nitrogen and oxygen atoms in total. The molecule has 0 aromatic heterocycles. The van der Waals surface area contributed by atoms with Crippen molar-refractivity contribution in [1.29, 1.82) is 0 Å². The van der Waals surface area contributed by atoms with Gasteiger partial charge in [-0.2, -0.15) is 0 Å². The molecule has 4 aromatic carbocycles. The van der Waals surface area contributed by atoms with Gasteiger partial charge in [-0.15, -0.1) is 0 Å². The number of aliphatic carboxylic acids is 1. The Bertz CT molecular complexity index is 2870. The summed E-state index contributed by atoms with van der Waals surface area (Å²) < 4.78 is 56.9. The second-order valence-corrected chi connectivity index (χ2v) is 19.6.